The molecule has 2 nitrogen and oxygen atoms in total. The predicted molar refractivity (Wildman–Crippen MR) is 88.1 cm³/mol. The molecule has 0 spiro atoms. The SMILES string of the molecule is Cc1ccc(N(C)Cc2csc(Br)c2)c(CCN)c1. The summed E-state index contributed by atoms with van der Waals surface area (Å²) < 4.78 is 1.18. The summed E-state index contributed by atoms with van der Waals surface area (Å²) in [6.45, 7) is 3.73. The Bertz CT molecular complexity index is 551. The fraction of sp³-hybridized carbons (Fsp3) is 0.333. The van der Waals surface area contributed by atoms with Crippen LogP contribution >= 0.6 is 27.3 Å². The molecule has 0 aliphatic rings. The first-order valence-electron chi connectivity index (χ1n) is 6.34. The van der Waals surface area contributed by atoms with E-state index < -0.39 is 0 Å². The average Bonchev–Trinajstić information content (AvgIpc) is 2.75. The Morgan fingerprint density at radius 3 is 2.74 bits per heavy atom. The number of nitrogens with two attached hydrogens (primary N) is 1. The summed E-state index contributed by atoms with van der Waals surface area (Å²) in [6.07, 6.45) is 0.925. The number of hydrogen-bond donors (Lipinski definition) is 1. The number of halogens is 1. The third-order valence-electron chi connectivity index (χ3n) is 3.10. The number of thiophene rings is 1. The Morgan fingerprint density at radius 1 is 1.32 bits per heavy atom. The first-order chi connectivity index (χ1) is 9.10. The molecule has 0 bridgehead atoms. The molecule has 0 fully saturated rings. The predicted octanol–water partition coefficient (Wildman–Crippen LogP) is 3.96. The van der Waals surface area contributed by atoms with Crippen LogP contribution in [0.25, 0.3) is 0 Å². The van der Waals surface area contributed by atoms with Gasteiger partial charge >= 0.3 is 0 Å². The largest absolute Gasteiger partial charge is 0.370 e. The molecule has 0 radical (unpaired) electrons. The lowest BCUT2D eigenvalue weighted by molar-refractivity contribution is 0.894. The summed E-state index contributed by atoms with van der Waals surface area (Å²) in [7, 11) is 2.14. The van der Waals surface area contributed by atoms with E-state index in [0.29, 0.717) is 6.54 Å². The van der Waals surface area contributed by atoms with Crippen molar-refractivity contribution in [2.45, 2.75) is 19.9 Å². The fourth-order valence-corrected chi connectivity index (χ4v) is 3.43. The summed E-state index contributed by atoms with van der Waals surface area (Å²) in [5.41, 5.74) is 10.9. The van der Waals surface area contributed by atoms with E-state index in [1.54, 1.807) is 11.3 Å². The van der Waals surface area contributed by atoms with Crippen molar-refractivity contribution in [2.24, 2.45) is 5.73 Å². The van der Waals surface area contributed by atoms with Crippen molar-refractivity contribution in [3.8, 4) is 0 Å². The van der Waals surface area contributed by atoms with Crippen molar-refractivity contribution >= 4 is 33.0 Å². The Balaban J connectivity index is 2.20. The highest BCUT2D eigenvalue weighted by Gasteiger charge is 2.09. The van der Waals surface area contributed by atoms with E-state index >= 15 is 0 Å². The van der Waals surface area contributed by atoms with E-state index in [9.17, 15) is 0 Å². The van der Waals surface area contributed by atoms with E-state index in [2.05, 4.69) is 64.4 Å². The topological polar surface area (TPSA) is 29.3 Å². The lowest BCUT2D eigenvalue weighted by Gasteiger charge is -2.22. The van der Waals surface area contributed by atoms with Crippen LogP contribution in [-0.4, -0.2) is 13.6 Å². The van der Waals surface area contributed by atoms with Crippen molar-refractivity contribution in [3.63, 3.8) is 0 Å². The third kappa shape index (κ3) is 3.81. The lowest BCUT2D eigenvalue weighted by atomic mass is 10.1. The Hall–Kier alpha value is -0.840. The Labute approximate surface area is 127 Å². The molecule has 4 heteroatoms. The normalized spacial score (nSPS) is 10.7. The lowest BCUT2D eigenvalue weighted by Crippen LogP contribution is -2.18. The molecule has 0 saturated carbocycles. The monoisotopic (exact) mass is 338 g/mol. The highest BCUT2D eigenvalue weighted by molar-refractivity contribution is 9.11. The van der Waals surface area contributed by atoms with Crippen molar-refractivity contribution in [3.05, 3.63) is 50.1 Å². The zero-order valence-corrected chi connectivity index (χ0v) is 13.7. The maximum Gasteiger partial charge on any atom is 0.0701 e. The van der Waals surface area contributed by atoms with Crippen LogP contribution in [0, 0.1) is 6.92 Å². The van der Waals surface area contributed by atoms with Crippen LogP contribution in [0.4, 0.5) is 5.69 Å². The molecule has 0 atom stereocenters. The molecule has 0 amide bonds. The first-order valence-corrected chi connectivity index (χ1v) is 8.01. The second kappa shape index (κ2) is 6.55. The van der Waals surface area contributed by atoms with E-state index in [4.69, 9.17) is 5.73 Å². The fourth-order valence-electron chi connectivity index (χ4n) is 2.23. The quantitative estimate of drug-likeness (QED) is 0.894. The first kappa shape index (κ1) is 14.6. The maximum absolute atomic E-state index is 5.71. The smallest absolute Gasteiger partial charge is 0.0701 e. The molecule has 2 aromatic rings. The average molecular weight is 339 g/mol. The van der Waals surface area contributed by atoms with Gasteiger partial charge in [-0.25, -0.2) is 0 Å². The number of rotatable bonds is 5. The molecule has 0 aliphatic carbocycles. The molecule has 102 valence electrons. The molecule has 19 heavy (non-hydrogen) atoms. The molecule has 0 unspecified atom stereocenters. The number of nitrogens with zero attached hydrogens (tertiary/aromatic N) is 1. The van der Waals surface area contributed by atoms with Gasteiger partial charge < -0.3 is 10.6 Å². The standard InChI is InChI=1S/C15H19BrN2S/c1-11-3-4-14(13(7-11)5-6-17)18(2)9-12-8-15(16)19-10-12/h3-4,7-8,10H,5-6,9,17H2,1-2H3. The van der Waals surface area contributed by atoms with Crippen molar-refractivity contribution < 1.29 is 0 Å². The number of aryl methyl sites for hydroxylation is 1. The molecule has 0 aliphatic heterocycles. The van der Waals surface area contributed by atoms with Crippen LogP contribution in [-0.2, 0) is 13.0 Å². The highest BCUT2D eigenvalue weighted by Crippen LogP contribution is 2.26. The van der Waals surface area contributed by atoms with Crippen LogP contribution in [0.2, 0.25) is 0 Å². The van der Waals surface area contributed by atoms with Crippen LogP contribution in [0.3, 0.4) is 0 Å². The summed E-state index contributed by atoms with van der Waals surface area (Å²) in [4.78, 5) is 2.29. The molecule has 2 rings (SSSR count). The summed E-state index contributed by atoms with van der Waals surface area (Å²) >= 11 is 5.24. The van der Waals surface area contributed by atoms with Crippen molar-refractivity contribution in [2.75, 3.05) is 18.5 Å². The highest BCUT2D eigenvalue weighted by atomic mass is 79.9. The number of anilines is 1. The van der Waals surface area contributed by atoms with E-state index in [1.807, 2.05) is 0 Å². The van der Waals surface area contributed by atoms with Gasteiger partial charge in [-0.3, -0.25) is 0 Å². The van der Waals surface area contributed by atoms with Gasteiger partial charge in [-0.1, -0.05) is 17.7 Å². The minimum atomic E-state index is 0.689. The molecule has 1 aromatic heterocycles. The van der Waals surface area contributed by atoms with Crippen LogP contribution in [0.15, 0.2) is 33.4 Å². The van der Waals surface area contributed by atoms with Gasteiger partial charge in [0.1, 0.15) is 0 Å². The van der Waals surface area contributed by atoms with Crippen LogP contribution in [0.1, 0.15) is 16.7 Å². The number of benzene rings is 1. The summed E-state index contributed by atoms with van der Waals surface area (Å²) in [6, 6.07) is 8.78. The third-order valence-corrected chi connectivity index (χ3v) is 4.65. The van der Waals surface area contributed by atoms with Gasteiger partial charge in [0.25, 0.3) is 0 Å². The summed E-state index contributed by atoms with van der Waals surface area (Å²) in [5, 5.41) is 2.19. The van der Waals surface area contributed by atoms with Gasteiger partial charge in [-0.2, -0.15) is 0 Å². The van der Waals surface area contributed by atoms with E-state index in [0.717, 1.165) is 13.0 Å². The Morgan fingerprint density at radius 2 is 2.11 bits per heavy atom. The van der Waals surface area contributed by atoms with Gasteiger partial charge in [-0.15, -0.1) is 11.3 Å². The second-order valence-electron chi connectivity index (χ2n) is 4.79. The van der Waals surface area contributed by atoms with Gasteiger partial charge in [-0.05, 0) is 64.5 Å². The maximum atomic E-state index is 5.71. The van der Waals surface area contributed by atoms with Gasteiger partial charge in [0, 0.05) is 19.3 Å². The number of hydrogen-bond acceptors (Lipinski definition) is 3. The second-order valence-corrected chi connectivity index (χ2v) is 7.08. The van der Waals surface area contributed by atoms with Crippen molar-refractivity contribution in [1.29, 1.82) is 0 Å². The van der Waals surface area contributed by atoms with Gasteiger partial charge in [0.2, 0.25) is 0 Å². The zero-order chi connectivity index (χ0) is 13.8. The molecular formula is C15H19BrN2S. The van der Waals surface area contributed by atoms with Gasteiger partial charge in [0.15, 0.2) is 0 Å². The van der Waals surface area contributed by atoms with Gasteiger partial charge in [0.05, 0.1) is 3.79 Å². The zero-order valence-electron chi connectivity index (χ0n) is 11.3. The molecule has 0 saturated heterocycles. The summed E-state index contributed by atoms with van der Waals surface area (Å²) in [5.74, 6) is 0. The minimum absolute atomic E-state index is 0.689. The van der Waals surface area contributed by atoms with Crippen molar-refractivity contribution in [1.82, 2.24) is 0 Å². The van der Waals surface area contributed by atoms with Crippen LogP contribution in [0.5, 0.6) is 0 Å². The van der Waals surface area contributed by atoms with E-state index in [1.165, 1.54) is 26.2 Å². The molecule has 2 N–H and O–H groups in total. The van der Waals surface area contributed by atoms with Crippen LogP contribution < -0.4 is 10.6 Å². The molecule has 1 aromatic carbocycles. The Kier molecular flexibility index (Phi) is 5.02. The molecular weight excluding hydrogens is 320 g/mol. The van der Waals surface area contributed by atoms with E-state index in [-0.39, 0.29) is 0 Å². The minimum Gasteiger partial charge on any atom is -0.370 e. The molecule has 1 heterocycles.